The summed E-state index contributed by atoms with van der Waals surface area (Å²) in [6, 6.07) is 8.61. The molecule has 0 heterocycles. The minimum absolute atomic E-state index is 0.213. The number of carbonyl (C=O) groups is 2. The molecule has 0 spiro atoms. The van der Waals surface area contributed by atoms with Gasteiger partial charge >= 0.3 is 6.18 Å². The van der Waals surface area contributed by atoms with Crippen LogP contribution in [0.25, 0.3) is 0 Å². The van der Waals surface area contributed by atoms with Gasteiger partial charge in [0.25, 0.3) is 5.91 Å². The SMILES string of the molecule is CCOc1cc(C=O)ccc1O[C@@H](C)C(=O)Nc1ccc(C(F)(F)F)cc1. The number of carbonyl (C=O) groups excluding carboxylic acids is 2. The summed E-state index contributed by atoms with van der Waals surface area (Å²) in [5.74, 6) is 0.0467. The van der Waals surface area contributed by atoms with E-state index in [-0.39, 0.29) is 11.4 Å². The maximum Gasteiger partial charge on any atom is 0.416 e. The van der Waals surface area contributed by atoms with Gasteiger partial charge in [0.1, 0.15) is 6.29 Å². The molecule has 144 valence electrons. The summed E-state index contributed by atoms with van der Waals surface area (Å²) in [4.78, 5) is 23.1. The van der Waals surface area contributed by atoms with E-state index in [0.717, 1.165) is 24.3 Å². The second kappa shape index (κ2) is 8.57. The number of rotatable bonds is 7. The van der Waals surface area contributed by atoms with Crippen LogP contribution in [0.2, 0.25) is 0 Å². The number of aldehydes is 1. The van der Waals surface area contributed by atoms with Crippen molar-refractivity contribution in [2.45, 2.75) is 26.1 Å². The third-order valence-electron chi connectivity index (χ3n) is 3.56. The minimum atomic E-state index is -4.44. The molecule has 0 fully saturated rings. The van der Waals surface area contributed by atoms with E-state index >= 15 is 0 Å². The van der Waals surface area contributed by atoms with Crippen molar-refractivity contribution in [3.63, 3.8) is 0 Å². The monoisotopic (exact) mass is 381 g/mol. The van der Waals surface area contributed by atoms with Crippen molar-refractivity contribution in [2.24, 2.45) is 0 Å². The number of amides is 1. The van der Waals surface area contributed by atoms with Gasteiger partial charge in [-0.25, -0.2) is 0 Å². The molecule has 0 saturated carbocycles. The first-order valence-corrected chi connectivity index (χ1v) is 8.11. The number of alkyl halides is 3. The zero-order chi connectivity index (χ0) is 20.0. The van der Waals surface area contributed by atoms with Crippen molar-refractivity contribution in [2.75, 3.05) is 11.9 Å². The van der Waals surface area contributed by atoms with Crippen molar-refractivity contribution in [1.82, 2.24) is 0 Å². The number of ether oxygens (including phenoxy) is 2. The molecule has 2 aromatic carbocycles. The Morgan fingerprint density at radius 1 is 1.15 bits per heavy atom. The molecule has 2 rings (SSSR count). The highest BCUT2D eigenvalue weighted by atomic mass is 19.4. The van der Waals surface area contributed by atoms with Gasteiger partial charge in [0, 0.05) is 11.3 Å². The number of hydrogen-bond acceptors (Lipinski definition) is 4. The fourth-order valence-electron chi connectivity index (χ4n) is 2.19. The largest absolute Gasteiger partial charge is 0.490 e. The lowest BCUT2D eigenvalue weighted by atomic mass is 10.2. The summed E-state index contributed by atoms with van der Waals surface area (Å²) in [5.41, 5.74) is -0.195. The predicted octanol–water partition coefficient (Wildman–Crippen LogP) is 4.32. The zero-order valence-electron chi connectivity index (χ0n) is 14.7. The standard InChI is InChI=1S/C19H18F3NO4/c1-3-26-17-10-13(11-24)4-9-16(17)27-12(2)18(25)23-15-7-5-14(6-8-15)19(20,21)22/h4-12H,3H2,1-2H3,(H,23,25)/t12-/m0/s1. The van der Waals surface area contributed by atoms with Gasteiger partial charge in [-0.3, -0.25) is 9.59 Å². The van der Waals surface area contributed by atoms with Gasteiger partial charge < -0.3 is 14.8 Å². The van der Waals surface area contributed by atoms with Gasteiger partial charge in [-0.1, -0.05) is 0 Å². The molecule has 0 saturated heterocycles. The zero-order valence-corrected chi connectivity index (χ0v) is 14.7. The van der Waals surface area contributed by atoms with E-state index in [2.05, 4.69) is 5.32 Å². The lowest BCUT2D eigenvalue weighted by molar-refractivity contribution is -0.137. The number of anilines is 1. The van der Waals surface area contributed by atoms with Crippen LogP contribution in [0.1, 0.15) is 29.8 Å². The minimum Gasteiger partial charge on any atom is -0.490 e. The topological polar surface area (TPSA) is 64.6 Å². The summed E-state index contributed by atoms with van der Waals surface area (Å²) in [6.45, 7) is 3.59. The quantitative estimate of drug-likeness (QED) is 0.726. The van der Waals surface area contributed by atoms with Crippen LogP contribution in [0, 0.1) is 0 Å². The molecular weight excluding hydrogens is 363 g/mol. The molecule has 1 amide bonds. The van der Waals surface area contributed by atoms with E-state index in [1.165, 1.54) is 25.1 Å². The molecule has 1 atom stereocenters. The summed E-state index contributed by atoms with van der Waals surface area (Å²) < 4.78 is 48.7. The fourth-order valence-corrected chi connectivity index (χ4v) is 2.19. The van der Waals surface area contributed by atoms with Crippen LogP contribution in [0.15, 0.2) is 42.5 Å². The molecule has 1 N–H and O–H groups in total. The van der Waals surface area contributed by atoms with Crippen LogP contribution >= 0.6 is 0 Å². The number of nitrogens with one attached hydrogen (secondary N) is 1. The summed E-state index contributed by atoms with van der Waals surface area (Å²) in [7, 11) is 0. The van der Waals surface area contributed by atoms with Crippen LogP contribution < -0.4 is 14.8 Å². The van der Waals surface area contributed by atoms with E-state index in [4.69, 9.17) is 9.47 Å². The van der Waals surface area contributed by atoms with Crippen LogP contribution in [-0.4, -0.2) is 24.9 Å². The Balaban J connectivity index is 2.06. The van der Waals surface area contributed by atoms with Crippen LogP contribution in [-0.2, 0) is 11.0 Å². The Morgan fingerprint density at radius 2 is 1.81 bits per heavy atom. The van der Waals surface area contributed by atoms with Crippen LogP contribution in [0.4, 0.5) is 18.9 Å². The highest BCUT2D eigenvalue weighted by Gasteiger charge is 2.30. The molecule has 0 aliphatic rings. The fraction of sp³-hybridized carbons (Fsp3) is 0.263. The molecule has 2 aromatic rings. The van der Waals surface area contributed by atoms with Gasteiger partial charge in [-0.2, -0.15) is 13.2 Å². The van der Waals surface area contributed by atoms with Gasteiger partial charge in [0.15, 0.2) is 17.6 Å². The first kappa shape index (κ1) is 20.3. The van der Waals surface area contributed by atoms with E-state index in [9.17, 15) is 22.8 Å². The second-order valence-corrected chi connectivity index (χ2v) is 5.58. The molecule has 0 bridgehead atoms. The van der Waals surface area contributed by atoms with E-state index < -0.39 is 23.8 Å². The molecule has 0 aliphatic heterocycles. The summed E-state index contributed by atoms with van der Waals surface area (Å²) in [5, 5.41) is 2.49. The van der Waals surface area contributed by atoms with Crippen molar-refractivity contribution in [3.05, 3.63) is 53.6 Å². The van der Waals surface area contributed by atoms with Crippen LogP contribution in [0.5, 0.6) is 11.5 Å². The molecule has 27 heavy (non-hydrogen) atoms. The van der Waals surface area contributed by atoms with Crippen molar-refractivity contribution >= 4 is 17.9 Å². The number of halogens is 3. The Kier molecular flexibility index (Phi) is 6.44. The highest BCUT2D eigenvalue weighted by Crippen LogP contribution is 2.31. The van der Waals surface area contributed by atoms with E-state index in [1.807, 2.05) is 0 Å². The Bertz CT molecular complexity index is 804. The lowest BCUT2D eigenvalue weighted by Crippen LogP contribution is -2.30. The first-order valence-electron chi connectivity index (χ1n) is 8.11. The van der Waals surface area contributed by atoms with E-state index in [1.54, 1.807) is 6.92 Å². The van der Waals surface area contributed by atoms with E-state index in [0.29, 0.717) is 24.2 Å². The highest BCUT2D eigenvalue weighted by molar-refractivity contribution is 5.94. The first-order chi connectivity index (χ1) is 12.7. The summed E-state index contributed by atoms with van der Waals surface area (Å²) >= 11 is 0. The molecule has 0 unspecified atom stereocenters. The molecule has 5 nitrogen and oxygen atoms in total. The van der Waals surface area contributed by atoms with Crippen LogP contribution in [0.3, 0.4) is 0 Å². The molecule has 0 aromatic heterocycles. The molecule has 0 aliphatic carbocycles. The second-order valence-electron chi connectivity index (χ2n) is 5.58. The Hall–Kier alpha value is -3.03. The maximum atomic E-state index is 12.6. The van der Waals surface area contributed by atoms with Gasteiger partial charge in [-0.15, -0.1) is 0 Å². The van der Waals surface area contributed by atoms with Crippen molar-refractivity contribution in [1.29, 1.82) is 0 Å². The number of hydrogen-bond donors (Lipinski definition) is 1. The Labute approximate surface area is 154 Å². The third kappa shape index (κ3) is 5.47. The summed E-state index contributed by atoms with van der Waals surface area (Å²) in [6.07, 6.45) is -4.73. The average molecular weight is 381 g/mol. The molecule has 8 heteroatoms. The molecular formula is C19H18F3NO4. The Morgan fingerprint density at radius 3 is 2.37 bits per heavy atom. The molecule has 0 radical (unpaired) electrons. The third-order valence-corrected chi connectivity index (χ3v) is 3.56. The van der Waals surface area contributed by atoms with Gasteiger partial charge in [-0.05, 0) is 56.3 Å². The van der Waals surface area contributed by atoms with Crippen molar-refractivity contribution in [3.8, 4) is 11.5 Å². The number of benzene rings is 2. The predicted molar refractivity (Wildman–Crippen MR) is 93.2 cm³/mol. The normalized spacial score (nSPS) is 12.2. The smallest absolute Gasteiger partial charge is 0.416 e. The lowest BCUT2D eigenvalue weighted by Gasteiger charge is -2.17. The average Bonchev–Trinajstić information content (AvgIpc) is 2.63. The van der Waals surface area contributed by atoms with Gasteiger partial charge in [0.05, 0.1) is 12.2 Å². The maximum absolute atomic E-state index is 12.6. The van der Waals surface area contributed by atoms with Crippen molar-refractivity contribution < 1.29 is 32.2 Å². The van der Waals surface area contributed by atoms with Gasteiger partial charge in [0.2, 0.25) is 0 Å².